The van der Waals surface area contributed by atoms with Crippen molar-refractivity contribution in [3.05, 3.63) is 41.8 Å². The number of ether oxygens (including phenoxy) is 2. The van der Waals surface area contributed by atoms with Gasteiger partial charge in [0.25, 0.3) is 0 Å². The molecule has 0 spiro atoms. The quantitative estimate of drug-likeness (QED) is 0.215. The predicted octanol–water partition coefficient (Wildman–Crippen LogP) is 5.44. The van der Waals surface area contributed by atoms with Crippen LogP contribution in [0.15, 0.2) is 41.8 Å². The largest absolute Gasteiger partial charge is 0.479 e. The number of thiophene rings is 1. The molecule has 282 valence electrons. The van der Waals surface area contributed by atoms with Crippen LogP contribution in [0, 0.1) is 5.92 Å². The summed E-state index contributed by atoms with van der Waals surface area (Å²) in [4.78, 5) is 69.8. The number of alkyl carbamates (subject to hydrolysis) is 1. The maximum absolute atomic E-state index is 14.5. The number of aliphatic carboxylic acids is 1. The number of hydrogen-bond donors (Lipinski definition) is 4. The number of carbonyl (C=O) groups excluding carboxylic acids is 3. The summed E-state index contributed by atoms with van der Waals surface area (Å²) in [6, 6.07) is 5.63. The van der Waals surface area contributed by atoms with Crippen LogP contribution in [0.1, 0.15) is 84.5 Å². The average Bonchev–Trinajstić information content (AvgIpc) is 3.57. The number of carbonyl (C=O) groups is 4. The summed E-state index contributed by atoms with van der Waals surface area (Å²) in [5, 5.41) is 21.0. The molecular weight excluding hydrogens is 699 g/mol. The molecule has 3 amide bonds. The van der Waals surface area contributed by atoms with Crippen molar-refractivity contribution in [3.8, 4) is 17.4 Å². The molecule has 4 N–H and O–H groups in total. The molecule has 0 unspecified atom stereocenters. The van der Waals surface area contributed by atoms with Crippen molar-refractivity contribution in [2.24, 2.45) is 5.92 Å². The Morgan fingerprint density at radius 3 is 2.64 bits per heavy atom. The van der Waals surface area contributed by atoms with Crippen LogP contribution in [-0.4, -0.2) is 91.3 Å². The summed E-state index contributed by atoms with van der Waals surface area (Å²) in [6.45, 7) is 4.07. The number of amides is 3. The SMILES string of the molecule is CC(C)Nc1cccc(-c2nc(O[C@@H]3C[C@H]4C(=O)N[C@]5(C(=O)O)C[C@H]5C=CCCCCC[C@H](NC(=O)OC5CCCC5)C(=O)N4C3)c3sccc3n2)n1. The second-order valence-electron chi connectivity index (χ2n) is 14.8. The number of anilines is 1. The second-order valence-corrected chi connectivity index (χ2v) is 15.7. The Labute approximate surface area is 312 Å². The molecule has 5 heterocycles. The lowest BCUT2D eigenvalue weighted by molar-refractivity contribution is -0.145. The van der Waals surface area contributed by atoms with Gasteiger partial charge in [-0.2, -0.15) is 4.98 Å². The van der Waals surface area contributed by atoms with Gasteiger partial charge in [0, 0.05) is 18.4 Å². The first-order chi connectivity index (χ1) is 25.6. The van der Waals surface area contributed by atoms with Gasteiger partial charge in [-0.15, -0.1) is 11.3 Å². The number of allylic oxidation sites excluding steroid dienone is 1. The van der Waals surface area contributed by atoms with Crippen molar-refractivity contribution in [2.45, 2.75) is 120 Å². The molecule has 0 aromatic carbocycles. The highest BCUT2D eigenvalue weighted by atomic mass is 32.1. The molecule has 4 aliphatic rings. The van der Waals surface area contributed by atoms with Crippen molar-refractivity contribution >= 4 is 51.2 Å². The van der Waals surface area contributed by atoms with Gasteiger partial charge in [0.1, 0.15) is 46.0 Å². The first kappa shape index (κ1) is 36.6. The maximum Gasteiger partial charge on any atom is 0.408 e. The zero-order chi connectivity index (χ0) is 37.1. The highest BCUT2D eigenvalue weighted by Gasteiger charge is 2.61. The molecule has 2 aliphatic carbocycles. The smallest absolute Gasteiger partial charge is 0.408 e. The highest BCUT2D eigenvalue weighted by molar-refractivity contribution is 7.17. The molecule has 0 radical (unpaired) electrons. The minimum Gasteiger partial charge on any atom is -0.479 e. The van der Waals surface area contributed by atoms with Gasteiger partial charge in [0.05, 0.1) is 12.1 Å². The average molecular weight is 746 g/mol. The van der Waals surface area contributed by atoms with E-state index in [9.17, 15) is 24.3 Å². The molecule has 14 nitrogen and oxygen atoms in total. The molecule has 2 aliphatic heterocycles. The van der Waals surface area contributed by atoms with Crippen LogP contribution in [0.4, 0.5) is 10.6 Å². The number of fused-ring (bicyclic) bond motifs is 3. The van der Waals surface area contributed by atoms with E-state index in [-0.39, 0.29) is 37.5 Å². The van der Waals surface area contributed by atoms with E-state index in [0.29, 0.717) is 46.3 Å². The minimum absolute atomic E-state index is 0.0222. The van der Waals surface area contributed by atoms with Crippen LogP contribution >= 0.6 is 11.3 Å². The third-order valence-electron chi connectivity index (χ3n) is 10.5. The zero-order valence-corrected chi connectivity index (χ0v) is 30.9. The Kier molecular flexibility index (Phi) is 10.8. The molecular formula is C38H47N7O7S. The number of pyridine rings is 1. The summed E-state index contributed by atoms with van der Waals surface area (Å²) in [5.41, 5.74) is -0.226. The van der Waals surface area contributed by atoms with Gasteiger partial charge in [-0.05, 0) is 88.8 Å². The molecule has 1 saturated heterocycles. The molecule has 15 heteroatoms. The Balaban J connectivity index is 1.18. The first-order valence-electron chi connectivity index (χ1n) is 18.7. The van der Waals surface area contributed by atoms with Gasteiger partial charge in [0.15, 0.2) is 5.82 Å². The van der Waals surface area contributed by atoms with Crippen LogP contribution in [-0.2, 0) is 19.1 Å². The van der Waals surface area contributed by atoms with E-state index in [1.165, 1.54) is 16.2 Å². The van der Waals surface area contributed by atoms with Gasteiger partial charge < -0.3 is 35.4 Å². The van der Waals surface area contributed by atoms with E-state index >= 15 is 0 Å². The van der Waals surface area contributed by atoms with Crippen molar-refractivity contribution in [1.29, 1.82) is 0 Å². The van der Waals surface area contributed by atoms with Crippen LogP contribution < -0.4 is 20.7 Å². The fourth-order valence-corrected chi connectivity index (χ4v) is 8.37. The Hall–Kier alpha value is -4.79. The first-order valence-corrected chi connectivity index (χ1v) is 19.6. The molecule has 7 rings (SSSR count). The van der Waals surface area contributed by atoms with Crippen molar-refractivity contribution in [1.82, 2.24) is 30.5 Å². The fourth-order valence-electron chi connectivity index (χ4n) is 7.61. The van der Waals surface area contributed by atoms with Crippen LogP contribution in [0.5, 0.6) is 5.88 Å². The molecule has 53 heavy (non-hydrogen) atoms. The number of rotatable bonds is 8. The summed E-state index contributed by atoms with van der Waals surface area (Å²) < 4.78 is 12.9. The minimum atomic E-state index is -1.44. The Morgan fingerprint density at radius 2 is 1.85 bits per heavy atom. The highest BCUT2D eigenvalue weighted by Crippen LogP contribution is 2.45. The number of carboxylic acid groups (broad SMARTS) is 1. The van der Waals surface area contributed by atoms with Gasteiger partial charge in [0.2, 0.25) is 17.7 Å². The molecule has 3 aromatic rings. The maximum atomic E-state index is 14.5. The number of nitrogens with zero attached hydrogens (tertiary/aromatic N) is 4. The number of carboxylic acids is 1. The summed E-state index contributed by atoms with van der Waals surface area (Å²) >= 11 is 1.41. The molecule has 0 bridgehead atoms. The third-order valence-corrected chi connectivity index (χ3v) is 11.3. The van der Waals surface area contributed by atoms with Gasteiger partial charge in [-0.1, -0.05) is 31.1 Å². The lowest BCUT2D eigenvalue weighted by Gasteiger charge is -2.29. The molecule has 3 aromatic heterocycles. The van der Waals surface area contributed by atoms with Gasteiger partial charge >= 0.3 is 12.1 Å². The predicted molar refractivity (Wildman–Crippen MR) is 198 cm³/mol. The van der Waals surface area contributed by atoms with Crippen molar-refractivity contribution in [3.63, 3.8) is 0 Å². The topological polar surface area (TPSA) is 185 Å². The van der Waals surface area contributed by atoms with E-state index in [1.54, 1.807) is 0 Å². The number of hydrogen-bond acceptors (Lipinski definition) is 11. The lowest BCUT2D eigenvalue weighted by atomic mass is 10.0. The third kappa shape index (κ3) is 8.24. The van der Waals surface area contributed by atoms with E-state index in [4.69, 9.17) is 24.4 Å². The van der Waals surface area contributed by atoms with Crippen LogP contribution in [0.25, 0.3) is 21.7 Å². The fraction of sp³-hybridized carbons (Fsp3) is 0.553. The van der Waals surface area contributed by atoms with Crippen LogP contribution in [0.3, 0.4) is 0 Å². The van der Waals surface area contributed by atoms with E-state index in [0.717, 1.165) is 44.9 Å². The summed E-state index contributed by atoms with van der Waals surface area (Å²) in [5.74, 6) is -1.13. The van der Waals surface area contributed by atoms with E-state index in [1.807, 2.05) is 55.6 Å². The van der Waals surface area contributed by atoms with Gasteiger partial charge in [-0.3, -0.25) is 9.59 Å². The molecule has 3 fully saturated rings. The van der Waals surface area contributed by atoms with Crippen molar-refractivity contribution in [2.75, 3.05) is 11.9 Å². The normalized spacial score (nSPS) is 26.7. The molecule has 2 saturated carbocycles. The van der Waals surface area contributed by atoms with Gasteiger partial charge in [-0.25, -0.2) is 19.6 Å². The lowest BCUT2D eigenvalue weighted by Crippen LogP contribution is -2.56. The molecule has 5 atom stereocenters. The second kappa shape index (κ2) is 15.7. The number of nitrogens with one attached hydrogen (secondary N) is 3. The summed E-state index contributed by atoms with van der Waals surface area (Å²) in [7, 11) is 0. The van der Waals surface area contributed by atoms with Crippen molar-refractivity contribution < 1.29 is 33.8 Å². The van der Waals surface area contributed by atoms with Crippen LogP contribution in [0.2, 0.25) is 0 Å². The van der Waals surface area contributed by atoms with E-state index < -0.39 is 47.6 Å². The monoisotopic (exact) mass is 745 g/mol. The standard InChI is InChI=1S/C38H47N7O7S/c1-22(2)39-30-16-10-15-27(40-30)32-41-26-17-18-53-31(26)34(43-32)51-25-19-29-33(46)44-38(36(48)49)20-23(38)11-6-4-3-5-7-14-28(35(47)45(29)21-25)42-37(50)52-24-12-8-9-13-24/h6,10-11,15-18,22-25,28-29H,3-5,7-9,12-14,19-21H2,1-2H3,(H,39,40)(H,42,50)(H,44,46)(H,48,49)/t23-,25-,28+,29+,38-/m1/s1. The van der Waals surface area contributed by atoms with E-state index in [2.05, 4.69) is 16.0 Å². The summed E-state index contributed by atoms with van der Waals surface area (Å²) in [6.07, 6.45) is 9.70. The Bertz CT molecular complexity index is 1880. The Morgan fingerprint density at radius 1 is 1.04 bits per heavy atom. The zero-order valence-electron chi connectivity index (χ0n) is 30.1. The number of aromatic nitrogens is 3.